The lowest BCUT2D eigenvalue weighted by Crippen LogP contribution is -2.27. The quantitative estimate of drug-likeness (QED) is 0.811. The molecule has 0 unspecified atom stereocenters. The predicted molar refractivity (Wildman–Crippen MR) is 73.8 cm³/mol. The van der Waals surface area contributed by atoms with E-state index in [1.165, 1.54) is 0 Å². The van der Waals surface area contributed by atoms with Crippen molar-refractivity contribution in [1.82, 2.24) is 4.90 Å². The van der Waals surface area contributed by atoms with Crippen LogP contribution in [-0.2, 0) is 6.54 Å². The van der Waals surface area contributed by atoms with Gasteiger partial charge in [0.15, 0.2) is 0 Å². The van der Waals surface area contributed by atoms with Crippen molar-refractivity contribution in [2.24, 2.45) is 0 Å². The van der Waals surface area contributed by atoms with Crippen LogP contribution in [0.25, 0.3) is 0 Å². The molecule has 1 aromatic rings. The Labute approximate surface area is 115 Å². The molecule has 0 aliphatic carbocycles. The topological polar surface area (TPSA) is 60.8 Å². The van der Waals surface area contributed by atoms with Crippen LogP contribution < -0.4 is 0 Å². The average molecular weight is 316 g/mol. The molecular formula is C13H18BrNO3. The Morgan fingerprint density at radius 2 is 2.11 bits per heavy atom. The van der Waals surface area contributed by atoms with Crippen molar-refractivity contribution < 1.29 is 15.0 Å². The first-order valence-electron chi connectivity index (χ1n) is 5.93. The number of aromatic carboxylic acids is 1. The van der Waals surface area contributed by atoms with Gasteiger partial charge in [-0.05, 0) is 30.7 Å². The maximum Gasteiger partial charge on any atom is 0.335 e. The summed E-state index contributed by atoms with van der Waals surface area (Å²) in [4.78, 5) is 13.0. The van der Waals surface area contributed by atoms with Crippen LogP contribution in [0, 0.1) is 0 Å². The van der Waals surface area contributed by atoms with Gasteiger partial charge in [0.25, 0.3) is 0 Å². The minimum atomic E-state index is -0.928. The molecule has 0 atom stereocenters. The lowest BCUT2D eigenvalue weighted by Gasteiger charge is -2.21. The Morgan fingerprint density at radius 3 is 2.61 bits per heavy atom. The highest BCUT2D eigenvalue weighted by atomic mass is 79.9. The summed E-state index contributed by atoms with van der Waals surface area (Å²) >= 11 is 3.39. The molecule has 100 valence electrons. The standard InChI is InChI=1S/C13H18BrNO3/c1-2-5-15(6-7-16)9-11-4-3-10(13(17)18)8-12(11)14/h3-4,8,16H,2,5-7,9H2,1H3,(H,17,18). The van der Waals surface area contributed by atoms with Gasteiger partial charge in [0.1, 0.15) is 0 Å². The molecule has 0 aromatic heterocycles. The first-order chi connectivity index (χ1) is 8.58. The molecular weight excluding hydrogens is 298 g/mol. The van der Waals surface area contributed by atoms with Gasteiger partial charge in [0.05, 0.1) is 12.2 Å². The molecule has 0 bridgehead atoms. The van der Waals surface area contributed by atoms with E-state index in [1.54, 1.807) is 12.1 Å². The number of aliphatic hydroxyl groups is 1. The Morgan fingerprint density at radius 1 is 1.39 bits per heavy atom. The molecule has 0 spiro atoms. The van der Waals surface area contributed by atoms with Gasteiger partial charge in [0, 0.05) is 17.6 Å². The van der Waals surface area contributed by atoms with Crippen molar-refractivity contribution >= 4 is 21.9 Å². The van der Waals surface area contributed by atoms with Crippen molar-refractivity contribution in [3.63, 3.8) is 0 Å². The largest absolute Gasteiger partial charge is 0.478 e. The van der Waals surface area contributed by atoms with E-state index in [0.29, 0.717) is 13.1 Å². The lowest BCUT2D eigenvalue weighted by molar-refractivity contribution is 0.0697. The van der Waals surface area contributed by atoms with Crippen LogP contribution in [0.4, 0.5) is 0 Å². The van der Waals surface area contributed by atoms with E-state index in [9.17, 15) is 4.79 Å². The first kappa shape index (κ1) is 15.1. The lowest BCUT2D eigenvalue weighted by atomic mass is 10.1. The summed E-state index contributed by atoms with van der Waals surface area (Å²) < 4.78 is 0.793. The highest BCUT2D eigenvalue weighted by Crippen LogP contribution is 2.20. The predicted octanol–water partition coefficient (Wildman–Crippen LogP) is 2.35. The number of aliphatic hydroxyl groups excluding tert-OH is 1. The van der Waals surface area contributed by atoms with Gasteiger partial charge < -0.3 is 10.2 Å². The summed E-state index contributed by atoms with van der Waals surface area (Å²) in [5, 5.41) is 17.9. The smallest absolute Gasteiger partial charge is 0.335 e. The highest BCUT2D eigenvalue weighted by Gasteiger charge is 2.10. The van der Waals surface area contributed by atoms with Crippen molar-refractivity contribution in [1.29, 1.82) is 0 Å². The number of halogens is 1. The van der Waals surface area contributed by atoms with Crippen LogP contribution in [0.1, 0.15) is 29.3 Å². The third-order valence-corrected chi connectivity index (χ3v) is 3.39. The summed E-state index contributed by atoms with van der Waals surface area (Å²) in [7, 11) is 0. The fourth-order valence-electron chi connectivity index (χ4n) is 1.78. The van der Waals surface area contributed by atoms with Crippen molar-refractivity contribution in [3.8, 4) is 0 Å². The molecule has 18 heavy (non-hydrogen) atoms. The molecule has 2 N–H and O–H groups in total. The van der Waals surface area contributed by atoms with E-state index in [4.69, 9.17) is 10.2 Å². The zero-order valence-corrected chi connectivity index (χ0v) is 12.0. The third kappa shape index (κ3) is 4.40. The van der Waals surface area contributed by atoms with E-state index < -0.39 is 5.97 Å². The number of hydrogen-bond donors (Lipinski definition) is 2. The van der Waals surface area contributed by atoms with Crippen LogP contribution >= 0.6 is 15.9 Å². The second-order valence-corrected chi connectivity index (χ2v) is 4.97. The van der Waals surface area contributed by atoms with Crippen LogP contribution in [0.2, 0.25) is 0 Å². The second-order valence-electron chi connectivity index (χ2n) is 4.11. The van der Waals surface area contributed by atoms with E-state index in [-0.39, 0.29) is 12.2 Å². The number of hydrogen-bond acceptors (Lipinski definition) is 3. The zero-order chi connectivity index (χ0) is 13.5. The molecule has 0 aliphatic rings. The Bertz CT molecular complexity index is 403. The molecule has 1 rings (SSSR count). The van der Waals surface area contributed by atoms with Crippen LogP contribution in [0.5, 0.6) is 0 Å². The summed E-state index contributed by atoms with van der Waals surface area (Å²) in [5.74, 6) is -0.928. The minimum absolute atomic E-state index is 0.130. The maximum atomic E-state index is 10.8. The molecule has 0 saturated heterocycles. The van der Waals surface area contributed by atoms with E-state index in [1.807, 2.05) is 6.07 Å². The van der Waals surface area contributed by atoms with Gasteiger partial charge in [0.2, 0.25) is 0 Å². The molecule has 0 fully saturated rings. The third-order valence-electron chi connectivity index (χ3n) is 2.65. The van der Waals surface area contributed by atoms with Gasteiger partial charge >= 0.3 is 5.97 Å². The SMILES string of the molecule is CCCN(CCO)Cc1ccc(C(=O)O)cc1Br. The molecule has 0 amide bonds. The summed E-state index contributed by atoms with van der Waals surface area (Å²) in [6.45, 7) is 4.46. The first-order valence-corrected chi connectivity index (χ1v) is 6.72. The molecule has 0 heterocycles. The van der Waals surface area contributed by atoms with Crippen molar-refractivity contribution in [3.05, 3.63) is 33.8 Å². The highest BCUT2D eigenvalue weighted by molar-refractivity contribution is 9.10. The monoisotopic (exact) mass is 315 g/mol. The Kier molecular flexibility index (Phi) is 6.32. The van der Waals surface area contributed by atoms with Gasteiger partial charge in [-0.3, -0.25) is 4.90 Å². The summed E-state index contributed by atoms with van der Waals surface area (Å²) in [5.41, 5.74) is 1.30. The fraction of sp³-hybridized carbons (Fsp3) is 0.462. The van der Waals surface area contributed by atoms with Crippen LogP contribution in [-0.4, -0.2) is 40.8 Å². The molecule has 1 aromatic carbocycles. The second kappa shape index (κ2) is 7.51. The number of nitrogens with zero attached hydrogens (tertiary/aromatic N) is 1. The van der Waals surface area contributed by atoms with Gasteiger partial charge in [-0.1, -0.05) is 28.9 Å². The number of carboxylic acids is 1. The fourth-order valence-corrected chi connectivity index (χ4v) is 2.28. The number of benzene rings is 1. The Hall–Kier alpha value is -0.910. The van der Waals surface area contributed by atoms with E-state index >= 15 is 0 Å². The van der Waals surface area contributed by atoms with Crippen LogP contribution in [0.15, 0.2) is 22.7 Å². The minimum Gasteiger partial charge on any atom is -0.478 e. The molecule has 5 heteroatoms. The van der Waals surface area contributed by atoms with E-state index in [0.717, 1.165) is 23.0 Å². The van der Waals surface area contributed by atoms with Crippen LogP contribution in [0.3, 0.4) is 0 Å². The van der Waals surface area contributed by atoms with Gasteiger partial charge in [-0.25, -0.2) is 4.79 Å². The average Bonchev–Trinajstić information content (AvgIpc) is 2.32. The molecule has 0 radical (unpaired) electrons. The molecule has 0 aliphatic heterocycles. The summed E-state index contributed by atoms with van der Waals surface area (Å²) in [6.07, 6.45) is 1.02. The number of carboxylic acid groups (broad SMARTS) is 1. The Balaban J connectivity index is 2.79. The van der Waals surface area contributed by atoms with Crippen molar-refractivity contribution in [2.45, 2.75) is 19.9 Å². The molecule has 0 saturated carbocycles. The number of rotatable bonds is 7. The molecule has 4 nitrogen and oxygen atoms in total. The normalized spacial score (nSPS) is 10.9. The van der Waals surface area contributed by atoms with Gasteiger partial charge in [-0.2, -0.15) is 0 Å². The maximum absolute atomic E-state index is 10.8. The van der Waals surface area contributed by atoms with Gasteiger partial charge in [-0.15, -0.1) is 0 Å². The van der Waals surface area contributed by atoms with E-state index in [2.05, 4.69) is 27.8 Å². The number of carbonyl (C=O) groups is 1. The zero-order valence-electron chi connectivity index (χ0n) is 10.4. The van der Waals surface area contributed by atoms with Crippen molar-refractivity contribution in [2.75, 3.05) is 19.7 Å². The summed E-state index contributed by atoms with van der Waals surface area (Å²) in [6, 6.07) is 5.03.